The topological polar surface area (TPSA) is 99.1 Å². The number of hydrogen-bond acceptors (Lipinski definition) is 7. The average molecular weight is 340 g/mol. The summed E-state index contributed by atoms with van der Waals surface area (Å²) in [6, 6.07) is 4.35. The lowest BCUT2D eigenvalue weighted by Crippen LogP contribution is -2.23. The van der Waals surface area contributed by atoms with Crippen LogP contribution in [0, 0.1) is 0 Å². The number of carbonyl (C=O) groups is 3. The molecule has 2 aliphatic rings. The van der Waals surface area contributed by atoms with Crippen LogP contribution in [0.4, 0.5) is 0 Å². The number of cyclic esters (lactones) is 1. The highest BCUT2D eigenvalue weighted by Gasteiger charge is 2.39. The van der Waals surface area contributed by atoms with Crippen molar-refractivity contribution in [2.75, 3.05) is 14.2 Å². The molecule has 0 unspecified atom stereocenters. The molecule has 2 aromatic rings. The summed E-state index contributed by atoms with van der Waals surface area (Å²) in [5.74, 6) is -1.78. The number of ketones is 2. The van der Waals surface area contributed by atoms with Crippen molar-refractivity contribution in [2.45, 2.75) is 6.61 Å². The smallest absolute Gasteiger partial charge is 0.342 e. The van der Waals surface area contributed by atoms with Crippen molar-refractivity contribution in [2.24, 2.45) is 0 Å². The van der Waals surface area contributed by atoms with Crippen LogP contribution >= 0.6 is 0 Å². The molecule has 1 aliphatic heterocycles. The van der Waals surface area contributed by atoms with E-state index in [0.29, 0.717) is 11.3 Å². The molecule has 0 atom stereocenters. The lowest BCUT2D eigenvalue weighted by atomic mass is 9.81. The van der Waals surface area contributed by atoms with Gasteiger partial charge in [0.25, 0.3) is 0 Å². The first-order valence-corrected chi connectivity index (χ1v) is 7.39. The Bertz CT molecular complexity index is 988. The van der Waals surface area contributed by atoms with E-state index in [1.807, 2.05) is 0 Å². The van der Waals surface area contributed by atoms with Crippen LogP contribution in [-0.2, 0) is 11.3 Å². The molecule has 126 valence electrons. The van der Waals surface area contributed by atoms with Gasteiger partial charge in [0, 0.05) is 22.8 Å². The molecule has 0 radical (unpaired) electrons. The van der Waals surface area contributed by atoms with Crippen molar-refractivity contribution in [3.63, 3.8) is 0 Å². The van der Waals surface area contributed by atoms with Gasteiger partial charge in [-0.25, -0.2) is 4.79 Å². The molecule has 7 nitrogen and oxygen atoms in total. The minimum Gasteiger partial charge on any atom is -0.506 e. The summed E-state index contributed by atoms with van der Waals surface area (Å²) in [7, 11) is 2.80. The van der Waals surface area contributed by atoms with E-state index in [-0.39, 0.29) is 40.2 Å². The maximum atomic E-state index is 13.0. The van der Waals surface area contributed by atoms with Crippen molar-refractivity contribution in [1.29, 1.82) is 0 Å². The van der Waals surface area contributed by atoms with Gasteiger partial charge in [0.05, 0.1) is 25.3 Å². The van der Waals surface area contributed by atoms with E-state index >= 15 is 0 Å². The summed E-state index contributed by atoms with van der Waals surface area (Å²) < 4.78 is 15.3. The molecule has 1 N–H and O–H groups in total. The average Bonchev–Trinajstić information content (AvgIpc) is 2.99. The highest BCUT2D eigenvalue weighted by Crippen LogP contribution is 2.42. The fourth-order valence-electron chi connectivity index (χ4n) is 3.24. The first-order chi connectivity index (χ1) is 12.0. The number of carbonyl (C=O) groups excluding carboxylic acids is 3. The Morgan fingerprint density at radius 3 is 2.32 bits per heavy atom. The molecule has 0 amide bonds. The normalized spacial score (nSPS) is 14.6. The quantitative estimate of drug-likeness (QED) is 0.711. The molecule has 2 aromatic carbocycles. The number of ether oxygens (including phenoxy) is 3. The zero-order chi connectivity index (χ0) is 17.9. The van der Waals surface area contributed by atoms with Gasteiger partial charge in [-0.2, -0.15) is 0 Å². The molecule has 7 heteroatoms. The standard InChI is InChI=1S/C18H12O7/c1-23-8-4-10-13(11(5-8)24-2)17(21)14-9(15(10)19)3-7-6-25-18(22)12(7)16(14)20/h3-5,20H,6H2,1-2H3. The number of aromatic hydroxyl groups is 1. The van der Waals surface area contributed by atoms with Crippen LogP contribution in [0.3, 0.4) is 0 Å². The molecule has 0 aromatic heterocycles. The summed E-state index contributed by atoms with van der Waals surface area (Å²) in [6.45, 7) is -0.0508. The minimum absolute atomic E-state index is 0.0300. The second kappa shape index (κ2) is 5.07. The van der Waals surface area contributed by atoms with Crippen LogP contribution in [0.2, 0.25) is 0 Å². The molecule has 0 bridgehead atoms. The van der Waals surface area contributed by atoms with Crippen molar-refractivity contribution >= 4 is 17.5 Å². The molecule has 4 rings (SSSR count). The van der Waals surface area contributed by atoms with Crippen LogP contribution in [0.1, 0.15) is 47.8 Å². The Hall–Kier alpha value is -3.35. The number of esters is 1. The number of methoxy groups -OCH3 is 2. The Morgan fingerprint density at radius 1 is 0.920 bits per heavy atom. The second-order valence-corrected chi connectivity index (χ2v) is 5.67. The Kier molecular flexibility index (Phi) is 3.08. The first kappa shape index (κ1) is 15.2. The zero-order valence-corrected chi connectivity index (χ0v) is 13.3. The van der Waals surface area contributed by atoms with Gasteiger partial charge >= 0.3 is 5.97 Å². The Balaban J connectivity index is 2.04. The number of phenolic OH excluding ortho intramolecular Hbond substituents is 1. The number of rotatable bonds is 2. The van der Waals surface area contributed by atoms with Gasteiger partial charge in [-0.1, -0.05) is 0 Å². The summed E-state index contributed by atoms with van der Waals surface area (Å²) in [5, 5.41) is 10.5. The highest BCUT2D eigenvalue weighted by molar-refractivity contribution is 6.31. The Morgan fingerprint density at radius 2 is 1.64 bits per heavy atom. The van der Waals surface area contributed by atoms with E-state index in [9.17, 15) is 19.5 Å². The van der Waals surface area contributed by atoms with E-state index in [1.54, 1.807) is 0 Å². The van der Waals surface area contributed by atoms with Crippen molar-refractivity contribution < 1.29 is 33.7 Å². The van der Waals surface area contributed by atoms with Crippen LogP contribution < -0.4 is 9.47 Å². The van der Waals surface area contributed by atoms with Crippen LogP contribution in [0.25, 0.3) is 0 Å². The van der Waals surface area contributed by atoms with E-state index in [1.165, 1.54) is 32.4 Å². The summed E-state index contributed by atoms with van der Waals surface area (Å²) in [5.41, 5.74) is 0.276. The van der Waals surface area contributed by atoms with Crippen molar-refractivity contribution in [3.8, 4) is 17.2 Å². The van der Waals surface area contributed by atoms with Crippen molar-refractivity contribution in [3.05, 3.63) is 51.6 Å². The molecule has 25 heavy (non-hydrogen) atoms. The second-order valence-electron chi connectivity index (χ2n) is 5.67. The van der Waals surface area contributed by atoms with E-state index in [4.69, 9.17) is 14.2 Å². The van der Waals surface area contributed by atoms with Crippen molar-refractivity contribution in [1.82, 2.24) is 0 Å². The van der Waals surface area contributed by atoms with Gasteiger partial charge < -0.3 is 19.3 Å². The first-order valence-electron chi connectivity index (χ1n) is 7.39. The number of phenols is 1. The summed E-state index contributed by atoms with van der Waals surface area (Å²) >= 11 is 0. The molecule has 0 saturated carbocycles. The maximum absolute atomic E-state index is 13.0. The van der Waals surface area contributed by atoms with E-state index < -0.39 is 23.3 Å². The van der Waals surface area contributed by atoms with E-state index in [2.05, 4.69) is 0 Å². The third-order valence-electron chi connectivity index (χ3n) is 4.42. The molecule has 0 spiro atoms. The Labute approximate surface area is 141 Å². The monoisotopic (exact) mass is 340 g/mol. The third kappa shape index (κ3) is 1.89. The van der Waals surface area contributed by atoms with Gasteiger partial charge in [0.2, 0.25) is 5.78 Å². The predicted octanol–water partition coefficient (Wildman–Crippen LogP) is 1.86. The molecule has 1 heterocycles. The van der Waals surface area contributed by atoms with Gasteiger partial charge in [-0.15, -0.1) is 0 Å². The summed E-state index contributed by atoms with van der Waals surface area (Å²) in [4.78, 5) is 37.7. The lowest BCUT2D eigenvalue weighted by molar-refractivity contribution is 0.0533. The SMILES string of the molecule is COc1cc(OC)c2c(c1)C(=O)c1cc3c(c(O)c1C2=O)C(=O)OC3. The molecule has 1 aliphatic carbocycles. The lowest BCUT2D eigenvalue weighted by Gasteiger charge is -2.22. The van der Waals surface area contributed by atoms with Gasteiger partial charge in [-0.3, -0.25) is 9.59 Å². The largest absolute Gasteiger partial charge is 0.506 e. The van der Waals surface area contributed by atoms with Crippen LogP contribution in [0.15, 0.2) is 18.2 Å². The molecule has 0 fully saturated rings. The minimum atomic E-state index is -0.719. The third-order valence-corrected chi connectivity index (χ3v) is 4.42. The highest BCUT2D eigenvalue weighted by atomic mass is 16.5. The number of benzene rings is 2. The molecular formula is C18H12O7. The summed E-state index contributed by atoms with van der Waals surface area (Å²) in [6.07, 6.45) is 0. The maximum Gasteiger partial charge on any atom is 0.342 e. The van der Waals surface area contributed by atoms with Gasteiger partial charge in [0.1, 0.15) is 29.4 Å². The van der Waals surface area contributed by atoms with Gasteiger partial charge in [0.15, 0.2) is 5.78 Å². The van der Waals surface area contributed by atoms with E-state index in [0.717, 1.165) is 0 Å². The van der Waals surface area contributed by atoms with Gasteiger partial charge in [-0.05, 0) is 12.1 Å². The molecule has 0 saturated heterocycles. The number of hydrogen-bond donors (Lipinski definition) is 1. The fraction of sp³-hybridized carbons (Fsp3) is 0.167. The predicted molar refractivity (Wildman–Crippen MR) is 83.6 cm³/mol. The van der Waals surface area contributed by atoms with Crippen LogP contribution in [-0.4, -0.2) is 36.9 Å². The fourth-order valence-corrected chi connectivity index (χ4v) is 3.24. The van der Waals surface area contributed by atoms with Crippen LogP contribution in [0.5, 0.6) is 17.2 Å². The zero-order valence-electron chi connectivity index (χ0n) is 13.3. The molecular weight excluding hydrogens is 328 g/mol. The number of fused-ring (bicyclic) bond motifs is 3.